The van der Waals surface area contributed by atoms with Crippen LogP contribution in [0.4, 0.5) is 0 Å². The van der Waals surface area contributed by atoms with Crippen molar-refractivity contribution in [2.75, 3.05) is 0 Å². The van der Waals surface area contributed by atoms with Crippen molar-refractivity contribution in [1.29, 1.82) is 0 Å². The minimum Gasteiger partial charge on any atom is -0.388 e. The molecule has 0 spiro atoms. The quantitative estimate of drug-likeness (QED) is 0.796. The highest BCUT2D eigenvalue weighted by Crippen LogP contribution is 2.23. The predicted octanol–water partition coefficient (Wildman–Crippen LogP) is 3.50. The van der Waals surface area contributed by atoms with Gasteiger partial charge in [-0.3, -0.25) is 0 Å². The van der Waals surface area contributed by atoms with Crippen LogP contribution in [0.3, 0.4) is 0 Å². The number of hydrogen-bond donors (Lipinski definition) is 1. The molecule has 82 valence electrons. The van der Waals surface area contributed by atoms with Gasteiger partial charge in [0.2, 0.25) is 0 Å². The van der Waals surface area contributed by atoms with Crippen molar-refractivity contribution in [1.82, 2.24) is 0 Å². The maximum Gasteiger partial charge on any atom is 0.0815 e. The summed E-state index contributed by atoms with van der Waals surface area (Å²) >= 11 is 0. The SMILES string of the molecule is CC/C=C(\c1ccccc1)[C@H](O)C(C)C. The van der Waals surface area contributed by atoms with Crippen molar-refractivity contribution in [3.63, 3.8) is 0 Å². The molecule has 15 heavy (non-hydrogen) atoms. The Kier molecular flexibility index (Phi) is 4.57. The zero-order valence-corrected chi connectivity index (χ0v) is 9.77. The average Bonchev–Trinajstić information content (AvgIpc) is 2.26. The van der Waals surface area contributed by atoms with Gasteiger partial charge >= 0.3 is 0 Å². The van der Waals surface area contributed by atoms with Crippen LogP contribution >= 0.6 is 0 Å². The molecule has 1 N–H and O–H groups in total. The lowest BCUT2D eigenvalue weighted by molar-refractivity contribution is 0.181. The fourth-order valence-corrected chi connectivity index (χ4v) is 1.62. The molecule has 0 aliphatic heterocycles. The molecule has 1 heteroatoms. The summed E-state index contributed by atoms with van der Waals surface area (Å²) in [6.07, 6.45) is 2.70. The summed E-state index contributed by atoms with van der Waals surface area (Å²) < 4.78 is 0. The molecule has 0 amide bonds. The second-order valence-electron chi connectivity index (χ2n) is 4.12. The van der Waals surface area contributed by atoms with Crippen LogP contribution in [0.25, 0.3) is 5.57 Å². The van der Waals surface area contributed by atoms with Gasteiger partial charge in [-0.15, -0.1) is 0 Å². The van der Waals surface area contributed by atoms with Gasteiger partial charge in [-0.25, -0.2) is 0 Å². The van der Waals surface area contributed by atoms with Crippen molar-refractivity contribution < 1.29 is 5.11 Å². The summed E-state index contributed by atoms with van der Waals surface area (Å²) in [5.74, 6) is 0.253. The van der Waals surface area contributed by atoms with E-state index in [9.17, 15) is 5.11 Å². The second kappa shape index (κ2) is 5.72. The molecule has 1 atom stereocenters. The van der Waals surface area contributed by atoms with Gasteiger partial charge in [-0.1, -0.05) is 57.2 Å². The van der Waals surface area contributed by atoms with E-state index in [-0.39, 0.29) is 12.0 Å². The number of benzene rings is 1. The summed E-state index contributed by atoms with van der Waals surface area (Å²) in [5.41, 5.74) is 2.17. The van der Waals surface area contributed by atoms with E-state index in [0.29, 0.717) is 0 Å². The number of aliphatic hydroxyl groups excluding tert-OH is 1. The molecule has 0 aliphatic rings. The van der Waals surface area contributed by atoms with E-state index in [1.165, 1.54) is 0 Å². The van der Waals surface area contributed by atoms with Gasteiger partial charge in [-0.05, 0) is 23.5 Å². The van der Waals surface area contributed by atoms with Crippen LogP contribution in [-0.4, -0.2) is 11.2 Å². The first-order valence-electron chi connectivity index (χ1n) is 5.60. The number of rotatable bonds is 4. The first kappa shape index (κ1) is 12.0. The highest BCUT2D eigenvalue weighted by Gasteiger charge is 2.15. The van der Waals surface area contributed by atoms with E-state index >= 15 is 0 Å². The van der Waals surface area contributed by atoms with Gasteiger partial charge < -0.3 is 5.11 Å². The van der Waals surface area contributed by atoms with E-state index < -0.39 is 0 Å². The lowest BCUT2D eigenvalue weighted by Crippen LogP contribution is -2.16. The summed E-state index contributed by atoms with van der Waals surface area (Å²) in [4.78, 5) is 0. The normalized spacial score (nSPS) is 14.3. The molecule has 0 saturated heterocycles. The van der Waals surface area contributed by atoms with Gasteiger partial charge in [-0.2, -0.15) is 0 Å². The predicted molar refractivity (Wildman–Crippen MR) is 65.6 cm³/mol. The van der Waals surface area contributed by atoms with E-state index in [0.717, 1.165) is 17.6 Å². The minimum absolute atomic E-state index is 0.253. The number of hydrogen-bond acceptors (Lipinski definition) is 1. The summed E-state index contributed by atoms with van der Waals surface area (Å²) in [6.45, 7) is 6.17. The van der Waals surface area contributed by atoms with Gasteiger partial charge in [0, 0.05) is 0 Å². The van der Waals surface area contributed by atoms with Crippen molar-refractivity contribution in [2.45, 2.75) is 33.3 Å². The maximum atomic E-state index is 10.1. The van der Waals surface area contributed by atoms with E-state index in [1.54, 1.807) is 0 Å². The third-order valence-electron chi connectivity index (χ3n) is 2.48. The zero-order chi connectivity index (χ0) is 11.3. The van der Waals surface area contributed by atoms with Crippen LogP contribution in [-0.2, 0) is 0 Å². The number of allylic oxidation sites excluding steroid dienone is 1. The largest absolute Gasteiger partial charge is 0.388 e. The molecule has 1 nitrogen and oxygen atoms in total. The van der Waals surface area contributed by atoms with Crippen LogP contribution < -0.4 is 0 Å². The van der Waals surface area contributed by atoms with Gasteiger partial charge in [0.05, 0.1) is 6.10 Å². The monoisotopic (exact) mass is 204 g/mol. The molecule has 0 aromatic heterocycles. The van der Waals surface area contributed by atoms with Crippen LogP contribution in [0.1, 0.15) is 32.8 Å². The fraction of sp³-hybridized carbons (Fsp3) is 0.429. The third-order valence-corrected chi connectivity index (χ3v) is 2.48. The molecule has 1 aromatic rings. The van der Waals surface area contributed by atoms with Crippen LogP contribution in [0, 0.1) is 5.92 Å². The summed E-state index contributed by atoms with van der Waals surface area (Å²) in [7, 11) is 0. The Balaban J connectivity index is 2.99. The summed E-state index contributed by atoms with van der Waals surface area (Å²) in [6, 6.07) is 10.1. The smallest absolute Gasteiger partial charge is 0.0815 e. The van der Waals surface area contributed by atoms with Crippen molar-refractivity contribution in [3.05, 3.63) is 42.0 Å². The molecule has 0 aliphatic carbocycles. The van der Waals surface area contributed by atoms with E-state index in [2.05, 4.69) is 13.0 Å². The Bertz CT molecular complexity index is 311. The first-order valence-corrected chi connectivity index (χ1v) is 5.60. The van der Waals surface area contributed by atoms with Gasteiger partial charge in [0.25, 0.3) is 0 Å². The Morgan fingerprint density at radius 3 is 2.33 bits per heavy atom. The van der Waals surface area contributed by atoms with E-state index in [1.807, 2.05) is 44.2 Å². The molecule has 0 heterocycles. The standard InChI is InChI=1S/C14H20O/c1-4-8-13(14(15)11(2)3)12-9-6-5-7-10-12/h5-11,14-15H,4H2,1-3H3/b13-8+/t14-/m1/s1. The topological polar surface area (TPSA) is 20.2 Å². The minimum atomic E-state index is -0.368. The molecule has 1 aromatic carbocycles. The molecule has 0 unspecified atom stereocenters. The third kappa shape index (κ3) is 3.21. The van der Waals surface area contributed by atoms with Crippen LogP contribution in [0.5, 0.6) is 0 Å². The molecule has 0 saturated carbocycles. The molecule has 0 radical (unpaired) electrons. The molecular weight excluding hydrogens is 184 g/mol. The Morgan fingerprint density at radius 1 is 1.27 bits per heavy atom. The van der Waals surface area contributed by atoms with Crippen molar-refractivity contribution in [3.8, 4) is 0 Å². The van der Waals surface area contributed by atoms with Crippen molar-refractivity contribution >= 4 is 5.57 Å². The maximum absolute atomic E-state index is 10.1. The van der Waals surface area contributed by atoms with Crippen molar-refractivity contribution in [2.24, 2.45) is 5.92 Å². The van der Waals surface area contributed by atoms with Gasteiger partial charge in [0.1, 0.15) is 0 Å². The lowest BCUT2D eigenvalue weighted by atomic mass is 9.92. The summed E-state index contributed by atoms with van der Waals surface area (Å²) in [5, 5.41) is 10.1. The molecule has 0 fully saturated rings. The second-order valence-corrected chi connectivity index (χ2v) is 4.12. The highest BCUT2D eigenvalue weighted by molar-refractivity contribution is 5.68. The molecule has 0 bridgehead atoms. The molecule has 1 rings (SSSR count). The Hall–Kier alpha value is -1.08. The number of aliphatic hydroxyl groups is 1. The fourth-order valence-electron chi connectivity index (χ4n) is 1.62. The van der Waals surface area contributed by atoms with Gasteiger partial charge in [0.15, 0.2) is 0 Å². The first-order chi connectivity index (χ1) is 7.16. The van der Waals surface area contributed by atoms with E-state index in [4.69, 9.17) is 0 Å². The highest BCUT2D eigenvalue weighted by atomic mass is 16.3. The lowest BCUT2D eigenvalue weighted by Gasteiger charge is -2.19. The Labute approximate surface area is 92.5 Å². The van der Waals surface area contributed by atoms with Crippen LogP contribution in [0.15, 0.2) is 36.4 Å². The van der Waals surface area contributed by atoms with Crippen LogP contribution in [0.2, 0.25) is 0 Å². The average molecular weight is 204 g/mol. The molecular formula is C14H20O. The Morgan fingerprint density at radius 2 is 1.87 bits per heavy atom. The zero-order valence-electron chi connectivity index (χ0n) is 9.77.